The Morgan fingerprint density at radius 1 is 1.12 bits per heavy atom. The van der Waals surface area contributed by atoms with E-state index in [-0.39, 0.29) is 5.91 Å². The van der Waals surface area contributed by atoms with E-state index in [2.05, 4.69) is 20.3 Å². The highest BCUT2D eigenvalue weighted by Crippen LogP contribution is 2.30. The molecule has 1 aromatic carbocycles. The fourth-order valence-corrected chi connectivity index (χ4v) is 3.28. The first-order valence-electron chi connectivity index (χ1n) is 7.31. The van der Waals surface area contributed by atoms with Gasteiger partial charge in [0, 0.05) is 30.4 Å². The maximum Gasteiger partial charge on any atom is 0.270 e. The third kappa shape index (κ3) is 2.72. The number of thiazole rings is 1. The lowest BCUT2D eigenvalue weighted by molar-refractivity contribution is 0.103. The summed E-state index contributed by atoms with van der Waals surface area (Å²) in [5.41, 5.74) is 1.56. The number of hydrogen-bond donors (Lipinski definition) is 2. The molecule has 1 amide bonds. The zero-order chi connectivity index (χ0) is 16.4. The molecule has 4 rings (SSSR count). The highest BCUT2D eigenvalue weighted by molar-refractivity contribution is 7.16. The molecule has 0 saturated heterocycles. The van der Waals surface area contributed by atoms with Crippen molar-refractivity contribution in [1.29, 1.82) is 0 Å². The van der Waals surface area contributed by atoms with Gasteiger partial charge in [-0.3, -0.25) is 10.1 Å². The van der Waals surface area contributed by atoms with E-state index in [1.807, 2.05) is 59.4 Å². The van der Waals surface area contributed by atoms with Crippen molar-refractivity contribution in [2.75, 3.05) is 5.32 Å². The molecule has 2 N–H and O–H groups in total. The molecule has 0 spiro atoms. The van der Waals surface area contributed by atoms with Crippen LogP contribution in [-0.4, -0.2) is 25.4 Å². The molecule has 0 atom stereocenters. The number of H-pyrrole nitrogens is 1. The van der Waals surface area contributed by atoms with Crippen molar-refractivity contribution in [3.05, 3.63) is 72.1 Å². The highest BCUT2D eigenvalue weighted by atomic mass is 32.1. The van der Waals surface area contributed by atoms with Crippen LogP contribution in [-0.2, 0) is 0 Å². The Morgan fingerprint density at radius 2 is 1.92 bits per heavy atom. The predicted octanol–water partition coefficient (Wildman–Crippen LogP) is 3.58. The molecule has 0 fully saturated rings. The summed E-state index contributed by atoms with van der Waals surface area (Å²) in [7, 11) is 0. The predicted molar refractivity (Wildman–Crippen MR) is 93.4 cm³/mol. The summed E-state index contributed by atoms with van der Waals surface area (Å²) in [5.74, 6) is 0.176. The number of anilines is 1. The SMILES string of the molecule is O=C(Nc1ncc[nH]1)c1sc(-n2cccc2)nc1-c1ccccc1. The summed E-state index contributed by atoms with van der Waals surface area (Å²) in [6, 6.07) is 13.5. The summed E-state index contributed by atoms with van der Waals surface area (Å²) in [5, 5.41) is 3.50. The van der Waals surface area contributed by atoms with E-state index in [9.17, 15) is 4.79 Å². The second-order valence-corrected chi connectivity index (χ2v) is 6.00. The van der Waals surface area contributed by atoms with Crippen molar-refractivity contribution in [3.63, 3.8) is 0 Å². The number of imidazole rings is 1. The van der Waals surface area contributed by atoms with E-state index >= 15 is 0 Å². The van der Waals surface area contributed by atoms with Gasteiger partial charge in [0.1, 0.15) is 4.88 Å². The van der Waals surface area contributed by atoms with Crippen LogP contribution in [0.25, 0.3) is 16.4 Å². The largest absolute Gasteiger partial charge is 0.331 e. The molecule has 0 radical (unpaired) electrons. The van der Waals surface area contributed by atoms with Crippen molar-refractivity contribution in [2.45, 2.75) is 0 Å². The lowest BCUT2D eigenvalue weighted by atomic mass is 10.1. The van der Waals surface area contributed by atoms with Crippen molar-refractivity contribution in [2.24, 2.45) is 0 Å². The molecule has 24 heavy (non-hydrogen) atoms. The molecule has 3 aromatic heterocycles. The van der Waals surface area contributed by atoms with Gasteiger partial charge in [-0.25, -0.2) is 9.97 Å². The van der Waals surface area contributed by atoms with Crippen LogP contribution in [0.3, 0.4) is 0 Å². The van der Waals surface area contributed by atoms with Gasteiger partial charge < -0.3 is 9.55 Å². The number of carbonyl (C=O) groups excluding carboxylic acids is 1. The van der Waals surface area contributed by atoms with Crippen LogP contribution in [0, 0.1) is 0 Å². The van der Waals surface area contributed by atoms with Crippen LogP contribution in [0.1, 0.15) is 9.67 Å². The van der Waals surface area contributed by atoms with Gasteiger partial charge in [-0.2, -0.15) is 0 Å². The number of hydrogen-bond acceptors (Lipinski definition) is 4. The van der Waals surface area contributed by atoms with Crippen molar-refractivity contribution >= 4 is 23.2 Å². The van der Waals surface area contributed by atoms with E-state index in [0.717, 1.165) is 10.7 Å². The van der Waals surface area contributed by atoms with Gasteiger partial charge in [-0.05, 0) is 12.1 Å². The Bertz CT molecular complexity index is 942. The molecule has 0 aliphatic rings. The maximum absolute atomic E-state index is 12.7. The zero-order valence-corrected chi connectivity index (χ0v) is 13.3. The van der Waals surface area contributed by atoms with Gasteiger partial charge in [0.25, 0.3) is 5.91 Å². The Labute approximate surface area is 141 Å². The number of aromatic nitrogens is 4. The summed E-state index contributed by atoms with van der Waals surface area (Å²) in [6.07, 6.45) is 7.06. The molecule has 3 heterocycles. The zero-order valence-electron chi connectivity index (χ0n) is 12.5. The number of nitrogens with zero attached hydrogens (tertiary/aromatic N) is 3. The van der Waals surface area contributed by atoms with Gasteiger partial charge >= 0.3 is 0 Å². The number of carbonyl (C=O) groups is 1. The summed E-state index contributed by atoms with van der Waals surface area (Å²) >= 11 is 1.34. The summed E-state index contributed by atoms with van der Waals surface area (Å²) in [6.45, 7) is 0. The number of rotatable bonds is 4. The van der Waals surface area contributed by atoms with E-state index in [0.29, 0.717) is 16.5 Å². The number of aromatic amines is 1. The average Bonchev–Trinajstić information content (AvgIpc) is 3.36. The lowest BCUT2D eigenvalue weighted by Crippen LogP contribution is -2.12. The summed E-state index contributed by atoms with van der Waals surface area (Å²) in [4.78, 5) is 24.8. The Morgan fingerprint density at radius 3 is 2.62 bits per heavy atom. The lowest BCUT2D eigenvalue weighted by Gasteiger charge is -2.02. The van der Waals surface area contributed by atoms with Crippen LogP contribution in [0.2, 0.25) is 0 Å². The molecule has 0 aliphatic carbocycles. The van der Waals surface area contributed by atoms with Crippen molar-refractivity contribution in [3.8, 4) is 16.4 Å². The van der Waals surface area contributed by atoms with Crippen LogP contribution in [0.4, 0.5) is 5.95 Å². The normalized spacial score (nSPS) is 10.7. The molecule has 118 valence electrons. The van der Waals surface area contributed by atoms with Gasteiger partial charge in [0.05, 0.1) is 5.69 Å². The van der Waals surface area contributed by atoms with Gasteiger partial charge in [-0.1, -0.05) is 41.7 Å². The smallest absolute Gasteiger partial charge is 0.270 e. The molecule has 0 unspecified atom stereocenters. The second-order valence-electron chi connectivity index (χ2n) is 5.02. The van der Waals surface area contributed by atoms with E-state index in [1.165, 1.54) is 11.3 Å². The molecule has 4 aromatic rings. The number of amides is 1. The maximum atomic E-state index is 12.7. The van der Waals surface area contributed by atoms with Crippen LogP contribution in [0.5, 0.6) is 0 Å². The van der Waals surface area contributed by atoms with E-state index < -0.39 is 0 Å². The van der Waals surface area contributed by atoms with Crippen LogP contribution >= 0.6 is 11.3 Å². The molecule has 7 heteroatoms. The monoisotopic (exact) mass is 335 g/mol. The molecule has 0 saturated carbocycles. The first kappa shape index (κ1) is 14.4. The molecular formula is C17H13N5OS. The first-order valence-corrected chi connectivity index (χ1v) is 8.13. The summed E-state index contributed by atoms with van der Waals surface area (Å²) < 4.78 is 1.89. The Balaban J connectivity index is 1.77. The Hall–Kier alpha value is -3.19. The number of nitrogens with one attached hydrogen (secondary N) is 2. The molecule has 0 bridgehead atoms. The molecule has 6 nitrogen and oxygen atoms in total. The van der Waals surface area contributed by atoms with E-state index in [1.54, 1.807) is 12.4 Å². The Kier molecular flexibility index (Phi) is 3.68. The molecular weight excluding hydrogens is 322 g/mol. The topological polar surface area (TPSA) is 75.6 Å². The van der Waals surface area contributed by atoms with Crippen molar-refractivity contribution in [1.82, 2.24) is 19.5 Å². The third-order valence-corrected chi connectivity index (χ3v) is 4.49. The highest BCUT2D eigenvalue weighted by Gasteiger charge is 2.20. The third-order valence-electron chi connectivity index (χ3n) is 3.42. The van der Waals surface area contributed by atoms with Crippen LogP contribution in [0.15, 0.2) is 67.3 Å². The van der Waals surface area contributed by atoms with Gasteiger partial charge in [0.15, 0.2) is 5.13 Å². The van der Waals surface area contributed by atoms with Gasteiger partial charge in [0.2, 0.25) is 5.95 Å². The fraction of sp³-hybridized carbons (Fsp3) is 0. The van der Waals surface area contributed by atoms with Gasteiger partial charge in [-0.15, -0.1) is 0 Å². The minimum atomic E-state index is -0.236. The second kappa shape index (κ2) is 6.13. The molecule has 0 aliphatic heterocycles. The van der Waals surface area contributed by atoms with E-state index in [4.69, 9.17) is 0 Å². The minimum Gasteiger partial charge on any atom is -0.331 e. The number of benzene rings is 1. The standard InChI is InChI=1S/C17H13N5OS/c23-15(21-16-18-8-9-19-16)14-13(12-6-2-1-3-7-12)20-17(24-14)22-10-4-5-11-22/h1-11H,(H2,18,19,21,23). The van der Waals surface area contributed by atoms with Crippen molar-refractivity contribution < 1.29 is 4.79 Å². The first-order chi connectivity index (χ1) is 11.8. The quantitative estimate of drug-likeness (QED) is 0.598. The average molecular weight is 335 g/mol. The fourth-order valence-electron chi connectivity index (χ4n) is 2.32. The van der Waals surface area contributed by atoms with Crippen LogP contribution < -0.4 is 5.32 Å². The minimum absolute atomic E-state index is 0.236.